The summed E-state index contributed by atoms with van der Waals surface area (Å²) in [5.41, 5.74) is 3.80. The van der Waals surface area contributed by atoms with Gasteiger partial charge in [-0.3, -0.25) is 0 Å². The maximum atomic E-state index is 9.41. The minimum Gasteiger partial charge on any atom is -0.492 e. The van der Waals surface area contributed by atoms with E-state index in [-0.39, 0.29) is 0 Å². The predicted octanol–water partition coefficient (Wildman–Crippen LogP) is 7.29. The molecule has 0 radical (unpaired) electrons. The highest BCUT2D eigenvalue weighted by atomic mass is 16.5. The van der Waals surface area contributed by atoms with Crippen molar-refractivity contribution in [2.45, 2.75) is 71.6 Å². The van der Waals surface area contributed by atoms with Gasteiger partial charge < -0.3 is 4.74 Å². The first-order valence-electron chi connectivity index (χ1n) is 12.0. The molecule has 3 rings (SSSR count). The lowest BCUT2D eigenvalue weighted by Gasteiger charge is -2.27. The average Bonchev–Trinajstić information content (AvgIpc) is 2.83. The number of hydrogen-bond donors (Lipinski definition) is 0. The van der Waals surface area contributed by atoms with E-state index in [2.05, 4.69) is 56.0 Å². The largest absolute Gasteiger partial charge is 0.492 e. The molecule has 2 heteroatoms. The molecule has 1 fully saturated rings. The van der Waals surface area contributed by atoms with Gasteiger partial charge >= 0.3 is 0 Å². The summed E-state index contributed by atoms with van der Waals surface area (Å²) < 4.78 is 5.71. The summed E-state index contributed by atoms with van der Waals surface area (Å²) >= 11 is 0. The molecular weight excluding hydrogens is 378 g/mol. The van der Waals surface area contributed by atoms with Gasteiger partial charge in [-0.2, -0.15) is 5.26 Å². The summed E-state index contributed by atoms with van der Waals surface area (Å²) in [4.78, 5) is 0. The minimum absolute atomic E-state index is 0.547. The van der Waals surface area contributed by atoms with Gasteiger partial charge in [0.2, 0.25) is 0 Å². The van der Waals surface area contributed by atoms with Crippen LogP contribution in [0.15, 0.2) is 42.5 Å². The quantitative estimate of drug-likeness (QED) is 0.336. The average molecular weight is 414 g/mol. The number of hydrogen-bond acceptors (Lipinski definition) is 2. The summed E-state index contributed by atoms with van der Waals surface area (Å²) in [6.07, 6.45) is 11.6. The van der Waals surface area contributed by atoms with E-state index in [9.17, 15) is 5.26 Å². The fraction of sp³-hybridized carbons (Fsp3) is 0.483. The summed E-state index contributed by atoms with van der Waals surface area (Å²) in [5.74, 6) is 8.94. The van der Waals surface area contributed by atoms with Crippen molar-refractivity contribution in [3.8, 4) is 23.7 Å². The predicted molar refractivity (Wildman–Crippen MR) is 128 cm³/mol. The molecule has 0 heterocycles. The first kappa shape index (κ1) is 23.0. The number of nitriles is 1. The number of rotatable bonds is 8. The third kappa shape index (κ3) is 7.18. The third-order valence-corrected chi connectivity index (χ3v) is 6.55. The van der Waals surface area contributed by atoms with Gasteiger partial charge in [-0.25, -0.2) is 0 Å². The van der Waals surface area contributed by atoms with Gasteiger partial charge in [0.25, 0.3) is 0 Å². The fourth-order valence-corrected chi connectivity index (χ4v) is 4.35. The molecule has 2 aromatic rings. The lowest BCUT2D eigenvalue weighted by molar-refractivity contribution is 0.259. The Morgan fingerprint density at radius 3 is 2.26 bits per heavy atom. The van der Waals surface area contributed by atoms with Crippen LogP contribution >= 0.6 is 0 Å². The van der Waals surface area contributed by atoms with Crippen LogP contribution in [0.1, 0.15) is 87.5 Å². The van der Waals surface area contributed by atoms with Crippen molar-refractivity contribution in [2.24, 2.45) is 11.8 Å². The van der Waals surface area contributed by atoms with Gasteiger partial charge in [-0.05, 0) is 67.0 Å². The highest BCUT2D eigenvalue weighted by Crippen LogP contribution is 2.33. The number of aryl methyl sites for hydroxylation is 1. The smallest absolute Gasteiger partial charge is 0.137 e. The Morgan fingerprint density at radius 2 is 1.58 bits per heavy atom. The summed E-state index contributed by atoms with van der Waals surface area (Å²) in [6.45, 7) is 5.09. The van der Waals surface area contributed by atoms with Crippen LogP contribution in [0.3, 0.4) is 0 Å². The van der Waals surface area contributed by atoms with E-state index >= 15 is 0 Å². The second-order valence-corrected chi connectivity index (χ2v) is 8.81. The van der Waals surface area contributed by atoms with Gasteiger partial charge in [0.15, 0.2) is 0 Å². The zero-order chi connectivity index (χ0) is 21.9. The van der Waals surface area contributed by atoms with E-state index in [1.165, 1.54) is 50.5 Å². The summed E-state index contributed by atoms with van der Waals surface area (Å²) in [5, 5.41) is 9.41. The molecule has 31 heavy (non-hydrogen) atoms. The van der Waals surface area contributed by atoms with Crippen molar-refractivity contribution >= 4 is 0 Å². The van der Waals surface area contributed by atoms with E-state index in [0.717, 1.165) is 35.8 Å². The van der Waals surface area contributed by atoms with Crippen LogP contribution in [0.25, 0.3) is 0 Å². The second kappa shape index (κ2) is 12.2. The van der Waals surface area contributed by atoms with Crippen LogP contribution in [0.2, 0.25) is 0 Å². The van der Waals surface area contributed by atoms with E-state index in [4.69, 9.17) is 4.74 Å². The summed E-state index contributed by atoms with van der Waals surface area (Å²) in [7, 11) is 0. The molecule has 0 spiro atoms. The number of ether oxygens (including phenoxy) is 1. The summed E-state index contributed by atoms with van der Waals surface area (Å²) in [6, 6.07) is 16.5. The van der Waals surface area contributed by atoms with E-state index in [1.807, 2.05) is 18.2 Å². The Bertz CT molecular complexity index is 918. The normalized spacial score (nSPS) is 18.0. The zero-order valence-electron chi connectivity index (χ0n) is 19.1. The first-order chi connectivity index (χ1) is 15.2. The van der Waals surface area contributed by atoms with Crippen LogP contribution in [0, 0.1) is 35.0 Å². The molecular formula is C29H35NO. The van der Waals surface area contributed by atoms with Crippen molar-refractivity contribution in [3.63, 3.8) is 0 Å². The monoisotopic (exact) mass is 413 g/mol. The zero-order valence-corrected chi connectivity index (χ0v) is 19.1. The molecule has 2 aromatic carbocycles. The highest BCUT2D eigenvalue weighted by Gasteiger charge is 2.19. The molecule has 2 nitrogen and oxygen atoms in total. The molecule has 162 valence electrons. The first-order valence-corrected chi connectivity index (χ1v) is 12.0. The van der Waals surface area contributed by atoms with E-state index < -0.39 is 0 Å². The van der Waals surface area contributed by atoms with E-state index in [0.29, 0.717) is 17.9 Å². The SMILES string of the molecule is CCCCOc1ccc(C#Cc2ccc(CCC3CCC(CC)CC3)cc2)cc1C#N. The van der Waals surface area contributed by atoms with Crippen LogP contribution in [0.4, 0.5) is 0 Å². The van der Waals surface area contributed by atoms with Gasteiger partial charge in [0, 0.05) is 11.1 Å². The van der Waals surface area contributed by atoms with Gasteiger partial charge in [-0.1, -0.05) is 76.3 Å². The third-order valence-electron chi connectivity index (χ3n) is 6.55. The number of unbranched alkanes of at least 4 members (excludes halogenated alkanes) is 1. The van der Waals surface area contributed by atoms with Crippen molar-refractivity contribution in [3.05, 3.63) is 64.7 Å². The molecule has 0 amide bonds. The van der Waals surface area contributed by atoms with Crippen LogP contribution in [-0.2, 0) is 6.42 Å². The van der Waals surface area contributed by atoms with Crippen LogP contribution in [-0.4, -0.2) is 6.61 Å². The van der Waals surface area contributed by atoms with Crippen LogP contribution in [0.5, 0.6) is 5.75 Å². The lowest BCUT2D eigenvalue weighted by atomic mass is 9.78. The van der Waals surface area contributed by atoms with Crippen LogP contribution < -0.4 is 4.74 Å². The molecule has 0 aliphatic heterocycles. The van der Waals surface area contributed by atoms with Crippen molar-refractivity contribution in [1.82, 2.24) is 0 Å². The molecule has 0 atom stereocenters. The molecule has 1 aliphatic rings. The molecule has 1 aliphatic carbocycles. The fourth-order valence-electron chi connectivity index (χ4n) is 4.35. The van der Waals surface area contributed by atoms with Gasteiger partial charge in [-0.15, -0.1) is 0 Å². The maximum Gasteiger partial charge on any atom is 0.137 e. The standard InChI is InChI=1S/C29H35NO/c1-3-5-20-31-29-19-18-27(21-28(29)22-30)17-16-26-14-12-25(13-15-26)11-10-24-8-6-23(4-2)7-9-24/h12-15,18-19,21,23-24H,3-11,20H2,1-2H3. The lowest BCUT2D eigenvalue weighted by Crippen LogP contribution is -2.14. The maximum absolute atomic E-state index is 9.41. The molecule has 0 aromatic heterocycles. The van der Waals surface area contributed by atoms with Crippen molar-refractivity contribution < 1.29 is 4.74 Å². The van der Waals surface area contributed by atoms with Crippen molar-refractivity contribution in [2.75, 3.05) is 6.61 Å². The highest BCUT2D eigenvalue weighted by molar-refractivity contribution is 5.51. The Labute approximate surface area is 188 Å². The topological polar surface area (TPSA) is 33.0 Å². The van der Waals surface area contributed by atoms with E-state index in [1.54, 1.807) is 0 Å². The second-order valence-electron chi connectivity index (χ2n) is 8.81. The Balaban J connectivity index is 1.54. The number of benzene rings is 2. The minimum atomic E-state index is 0.547. The molecule has 0 N–H and O–H groups in total. The molecule has 1 saturated carbocycles. The Kier molecular flexibility index (Phi) is 9.05. The molecule has 0 saturated heterocycles. The van der Waals surface area contributed by atoms with Gasteiger partial charge in [0.1, 0.15) is 11.8 Å². The molecule has 0 unspecified atom stereocenters. The Hall–Kier alpha value is -2.71. The Morgan fingerprint density at radius 1 is 0.903 bits per heavy atom. The molecule has 0 bridgehead atoms. The number of nitrogens with zero attached hydrogens (tertiary/aromatic N) is 1. The van der Waals surface area contributed by atoms with Gasteiger partial charge in [0.05, 0.1) is 12.2 Å². The van der Waals surface area contributed by atoms with Crippen molar-refractivity contribution in [1.29, 1.82) is 5.26 Å².